The van der Waals surface area contributed by atoms with Gasteiger partial charge in [0.1, 0.15) is 18.2 Å². The van der Waals surface area contributed by atoms with Crippen molar-refractivity contribution >= 4 is 18.2 Å². The highest BCUT2D eigenvalue weighted by Gasteiger charge is 2.18. The normalized spacial score (nSPS) is 14.5. The smallest absolute Gasteiger partial charge is 0.145 e. The van der Waals surface area contributed by atoms with Crippen LogP contribution in [0.25, 0.3) is 0 Å². The molecule has 1 heterocycles. The number of amidine groups is 1. The van der Waals surface area contributed by atoms with E-state index in [0.29, 0.717) is 6.61 Å². The van der Waals surface area contributed by atoms with E-state index in [2.05, 4.69) is 43.2 Å². The second kappa shape index (κ2) is 6.10. The molecule has 0 aliphatic carbocycles. The van der Waals surface area contributed by atoms with Gasteiger partial charge in [0.25, 0.3) is 0 Å². The Kier molecular flexibility index (Phi) is 5.03. The van der Waals surface area contributed by atoms with Gasteiger partial charge in [-0.1, -0.05) is 39.0 Å². The van der Waals surface area contributed by atoms with Crippen LogP contribution in [0.2, 0.25) is 0 Å². The number of ether oxygens (including phenoxy) is 1. The number of hydrogen-bond donors (Lipinski definition) is 1. The third-order valence-electron chi connectivity index (χ3n) is 2.80. The maximum absolute atomic E-state index is 5.85. The van der Waals surface area contributed by atoms with Gasteiger partial charge in [-0.3, -0.25) is 4.99 Å². The lowest BCUT2D eigenvalue weighted by Gasteiger charge is -2.22. The van der Waals surface area contributed by atoms with E-state index >= 15 is 0 Å². The summed E-state index contributed by atoms with van der Waals surface area (Å²) in [4.78, 5) is 4.32. The third-order valence-corrected chi connectivity index (χ3v) is 2.80. The zero-order chi connectivity index (χ0) is 12.3. The van der Waals surface area contributed by atoms with Gasteiger partial charge >= 0.3 is 0 Å². The van der Waals surface area contributed by atoms with Gasteiger partial charge in [0.2, 0.25) is 0 Å². The molecule has 0 fully saturated rings. The number of aliphatic imine (C=N–C) groups is 1. The quantitative estimate of drug-likeness (QED) is 0.915. The van der Waals surface area contributed by atoms with Crippen LogP contribution in [0.5, 0.6) is 5.75 Å². The SMILES string of the molecule is CC(C)(C)c1ccccc1OCC1=NCCN1.Cl. The van der Waals surface area contributed by atoms with Crippen molar-refractivity contribution in [1.29, 1.82) is 0 Å². The molecule has 0 saturated carbocycles. The Bertz CT molecular complexity index is 424. The summed E-state index contributed by atoms with van der Waals surface area (Å²) >= 11 is 0. The molecule has 0 saturated heterocycles. The minimum absolute atomic E-state index is 0. The van der Waals surface area contributed by atoms with Gasteiger partial charge in [0.15, 0.2) is 0 Å². The van der Waals surface area contributed by atoms with Crippen molar-refractivity contribution in [3.8, 4) is 5.75 Å². The van der Waals surface area contributed by atoms with Crippen LogP contribution in [0.4, 0.5) is 0 Å². The van der Waals surface area contributed by atoms with E-state index in [-0.39, 0.29) is 17.8 Å². The van der Waals surface area contributed by atoms with Crippen LogP contribution in [-0.4, -0.2) is 25.5 Å². The van der Waals surface area contributed by atoms with Crippen molar-refractivity contribution in [3.63, 3.8) is 0 Å². The Hall–Kier alpha value is -1.22. The predicted molar refractivity (Wildman–Crippen MR) is 78.2 cm³/mol. The van der Waals surface area contributed by atoms with Crippen molar-refractivity contribution in [1.82, 2.24) is 5.32 Å². The molecular weight excluding hydrogens is 248 g/mol. The summed E-state index contributed by atoms with van der Waals surface area (Å²) in [5.74, 6) is 1.91. The molecular formula is C14H21ClN2O. The van der Waals surface area contributed by atoms with Crippen molar-refractivity contribution in [2.75, 3.05) is 19.7 Å². The minimum Gasteiger partial charge on any atom is -0.485 e. The standard InChI is InChI=1S/C14H20N2O.ClH/c1-14(2,3)11-6-4-5-7-12(11)17-10-13-15-8-9-16-13;/h4-7H,8-10H2,1-3H3,(H,15,16);1H. The Labute approximate surface area is 115 Å². The van der Waals surface area contributed by atoms with Crippen molar-refractivity contribution in [3.05, 3.63) is 29.8 Å². The van der Waals surface area contributed by atoms with E-state index in [1.165, 1.54) is 5.56 Å². The molecule has 0 radical (unpaired) electrons. The number of nitrogens with one attached hydrogen (secondary N) is 1. The molecule has 1 aromatic rings. The first-order valence-electron chi connectivity index (χ1n) is 6.07. The maximum Gasteiger partial charge on any atom is 0.145 e. The highest BCUT2D eigenvalue weighted by molar-refractivity contribution is 5.85. The fourth-order valence-corrected chi connectivity index (χ4v) is 1.90. The number of hydrogen-bond acceptors (Lipinski definition) is 3. The summed E-state index contributed by atoms with van der Waals surface area (Å²) in [6.07, 6.45) is 0. The number of benzene rings is 1. The van der Waals surface area contributed by atoms with Crippen LogP contribution in [0, 0.1) is 0 Å². The summed E-state index contributed by atoms with van der Waals surface area (Å²) in [6, 6.07) is 8.21. The van der Waals surface area contributed by atoms with Gasteiger partial charge in [0, 0.05) is 6.54 Å². The van der Waals surface area contributed by atoms with Crippen molar-refractivity contribution in [2.24, 2.45) is 4.99 Å². The summed E-state index contributed by atoms with van der Waals surface area (Å²) < 4.78 is 5.85. The van der Waals surface area contributed by atoms with E-state index in [1.54, 1.807) is 0 Å². The maximum atomic E-state index is 5.85. The van der Waals surface area contributed by atoms with Crippen LogP contribution in [0.3, 0.4) is 0 Å². The zero-order valence-electron chi connectivity index (χ0n) is 11.2. The number of nitrogens with zero attached hydrogens (tertiary/aromatic N) is 1. The fourth-order valence-electron chi connectivity index (χ4n) is 1.90. The van der Waals surface area contributed by atoms with E-state index in [1.807, 2.05) is 12.1 Å². The Morgan fingerprint density at radius 3 is 2.61 bits per heavy atom. The molecule has 3 nitrogen and oxygen atoms in total. The zero-order valence-corrected chi connectivity index (χ0v) is 12.0. The molecule has 1 N–H and O–H groups in total. The van der Waals surface area contributed by atoms with Gasteiger partial charge in [-0.25, -0.2) is 0 Å². The van der Waals surface area contributed by atoms with Crippen LogP contribution >= 0.6 is 12.4 Å². The first kappa shape index (κ1) is 14.8. The molecule has 1 aromatic carbocycles. The van der Waals surface area contributed by atoms with Gasteiger partial charge in [0.05, 0.1) is 6.54 Å². The van der Waals surface area contributed by atoms with E-state index in [0.717, 1.165) is 24.7 Å². The highest BCUT2D eigenvalue weighted by Crippen LogP contribution is 2.30. The van der Waals surface area contributed by atoms with Crippen LogP contribution in [0.15, 0.2) is 29.3 Å². The van der Waals surface area contributed by atoms with Crippen LogP contribution in [-0.2, 0) is 5.41 Å². The lowest BCUT2D eigenvalue weighted by Crippen LogP contribution is -2.25. The Morgan fingerprint density at radius 2 is 2.00 bits per heavy atom. The molecule has 2 rings (SSSR count). The lowest BCUT2D eigenvalue weighted by atomic mass is 9.86. The Balaban J connectivity index is 0.00000162. The third kappa shape index (κ3) is 3.64. The molecule has 0 unspecified atom stereocenters. The van der Waals surface area contributed by atoms with Crippen LogP contribution < -0.4 is 10.1 Å². The number of rotatable bonds is 3. The van der Waals surface area contributed by atoms with Crippen molar-refractivity contribution < 1.29 is 4.74 Å². The number of para-hydroxylation sites is 1. The van der Waals surface area contributed by atoms with Gasteiger partial charge in [-0.2, -0.15) is 0 Å². The summed E-state index contributed by atoms with van der Waals surface area (Å²) in [5.41, 5.74) is 1.33. The van der Waals surface area contributed by atoms with E-state index in [9.17, 15) is 0 Å². The van der Waals surface area contributed by atoms with Gasteiger partial charge in [-0.15, -0.1) is 12.4 Å². The average molecular weight is 269 g/mol. The summed E-state index contributed by atoms with van der Waals surface area (Å²) in [6.45, 7) is 8.91. The Morgan fingerprint density at radius 1 is 1.28 bits per heavy atom. The monoisotopic (exact) mass is 268 g/mol. The van der Waals surface area contributed by atoms with Gasteiger partial charge in [-0.05, 0) is 17.0 Å². The molecule has 0 amide bonds. The lowest BCUT2D eigenvalue weighted by molar-refractivity contribution is 0.360. The van der Waals surface area contributed by atoms with Gasteiger partial charge < -0.3 is 10.1 Å². The van der Waals surface area contributed by atoms with Crippen LogP contribution in [0.1, 0.15) is 26.3 Å². The molecule has 1 aliphatic rings. The largest absolute Gasteiger partial charge is 0.485 e. The molecule has 1 aliphatic heterocycles. The average Bonchev–Trinajstić information content (AvgIpc) is 2.78. The topological polar surface area (TPSA) is 33.6 Å². The molecule has 18 heavy (non-hydrogen) atoms. The second-order valence-corrected chi connectivity index (χ2v) is 5.29. The first-order chi connectivity index (χ1) is 8.07. The molecule has 0 aromatic heterocycles. The summed E-state index contributed by atoms with van der Waals surface area (Å²) in [7, 11) is 0. The van der Waals surface area contributed by atoms with E-state index < -0.39 is 0 Å². The molecule has 100 valence electrons. The van der Waals surface area contributed by atoms with Crippen molar-refractivity contribution in [2.45, 2.75) is 26.2 Å². The molecule has 0 bridgehead atoms. The summed E-state index contributed by atoms with van der Waals surface area (Å²) in [5, 5.41) is 3.21. The second-order valence-electron chi connectivity index (χ2n) is 5.29. The van der Waals surface area contributed by atoms with E-state index in [4.69, 9.17) is 4.74 Å². The fraction of sp³-hybridized carbons (Fsp3) is 0.500. The highest BCUT2D eigenvalue weighted by atomic mass is 35.5. The predicted octanol–water partition coefficient (Wildman–Crippen LogP) is 2.79. The minimum atomic E-state index is 0. The number of halogens is 1. The molecule has 4 heteroatoms. The molecule has 0 atom stereocenters. The molecule has 0 spiro atoms. The first-order valence-corrected chi connectivity index (χ1v) is 6.07.